The van der Waals surface area contributed by atoms with E-state index in [1.165, 1.54) is 23.5 Å². The van der Waals surface area contributed by atoms with Crippen LogP contribution in [-0.4, -0.2) is 15.9 Å². The number of nitrogens with zero attached hydrogens (tertiary/aromatic N) is 2. The molecular formula is C14H14ClN3O. The maximum absolute atomic E-state index is 11.8. The van der Waals surface area contributed by atoms with Crippen molar-refractivity contribution in [1.82, 2.24) is 9.97 Å². The first-order chi connectivity index (χ1) is 9.15. The van der Waals surface area contributed by atoms with E-state index in [0.29, 0.717) is 23.8 Å². The highest BCUT2D eigenvalue weighted by Gasteiger charge is 2.05. The van der Waals surface area contributed by atoms with Crippen molar-refractivity contribution in [3.8, 4) is 0 Å². The Labute approximate surface area is 116 Å². The zero-order chi connectivity index (χ0) is 13.7. The number of rotatable bonds is 4. The Hall–Kier alpha value is -1.94. The van der Waals surface area contributed by atoms with E-state index in [0.717, 1.165) is 0 Å². The van der Waals surface area contributed by atoms with Crippen molar-refractivity contribution in [1.29, 1.82) is 0 Å². The van der Waals surface area contributed by atoms with Gasteiger partial charge < -0.3 is 5.32 Å². The Morgan fingerprint density at radius 2 is 2.11 bits per heavy atom. The number of nitrogens with one attached hydrogen (secondary N) is 1. The minimum Gasteiger partial charge on any atom is -0.311 e. The Kier molecular flexibility index (Phi) is 4.47. The lowest BCUT2D eigenvalue weighted by Crippen LogP contribution is -2.13. The van der Waals surface area contributed by atoms with Crippen molar-refractivity contribution in [3.05, 3.63) is 52.9 Å². The summed E-state index contributed by atoms with van der Waals surface area (Å²) in [6.07, 6.45) is 2.43. The van der Waals surface area contributed by atoms with Gasteiger partial charge in [0.05, 0.1) is 0 Å². The topological polar surface area (TPSA) is 54.9 Å². The number of aryl methyl sites for hydroxylation is 2. The maximum Gasteiger partial charge on any atom is 0.225 e. The summed E-state index contributed by atoms with van der Waals surface area (Å²) >= 11 is 5.72. The number of aromatic nitrogens is 2. The fourth-order valence-corrected chi connectivity index (χ4v) is 1.89. The summed E-state index contributed by atoms with van der Waals surface area (Å²) in [7, 11) is 0. The SMILES string of the molecule is Cc1ccccc1CCC(=O)Nc1cc(Cl)ncn1. The Bertz CT molecular complexity index is 586. The van der Waals surface area contributed by atoms with E-state index in [1.807, 2.05) is 31.2 Å². The van der Waals surface area contributed by atoms with Gasteiger partial charge >= 0.3 is 0 Å². The number of carbonyl (C=O) groups is 1. The maximum atomic E-state index is 11.8. The standard InChI is InChI=1S/C14H14ClN3O/c1-10-4-2-3-5-11(10)6-7-14(19)18-13-8-12(15)16-9-17-13/h2-5,8-9H,6-7H2,1H3,(H,16,17,18,19). The molecule has 0 saturated heterocycles. The number of carbonyl (C=O) groups excluding carboxylic acids is 1. The average Bonchev–Trinajstić information content (AvgIpc) is 2.38. The monoisotopic (exact) mass is 275 g/mol. The van der Waals surface area contributed by atoms with Gasteiger partial charge in [0.25, 0.3) is 0 Å². The number of hydrogen-bond acceptors (Lipinski definition) is 3. The second kappa shape index (κ2) is 6.29. The van der Waals surface area contributed by atoms with Gasteiger partial charge in [-0.2, -0.15) is 0 Å². The molecule has 2 rings (SSSR count). The minimum atomic E-state index is -0.0852. The third kappa shape index (κ3) is 4.03. The smallest absolute Gasteiger partial charge is 0.225 e. The summed E-state index contributed by atoms with van der Waals surface area (Å²) < 4.78 is 0. The van der Waals surface area contributed by atoms with Gasteiger partial charge in [-0.15, -0.1) is 0 Å². The van der Waals surface area contributed by atoms with Crippen molar-refractivity contribution in [3.63, 3.8) is 0 Å². The van der Waals surface area contributed by atoms with E-state index >= 15 is 0 Å². The molecule has 1 aromatic carbocycles. The molecule has 1 heterocycles. The van der Waals surface area contributed by atoms with Crippen LogP contribution in [0, 0.1) is 6.92 Å². The molecule has 2 aromatic rings. The Balaban J connectivity index is 1.90. The summed E-state index contributed by atoms with van der Waals surface area (Å²) in [4.78, 5) is 19.5. The van der Waals surface area contributed by atoms with Crippen molar-refractivity contribution >= 4 is 23.3 Å². The van der Waals surface area contributed by atoms with Crippen molar-refractivity contribution in [2.24, 2.45) is 0 Å². The van der Waals surface area contributed by atoms with Gasteiger partial charge in [0.15, 0.2) is 0 Å². The lowest BCUT2D eigenvalue weighted by molar-refractivity contribution is -0.116. The molecule has 0 unspecified atom stereocenters. The minimum absolute atomic E-state index is 0.0852. The number of hydrogen-bond donors (Lipinski definition) is 1. The molecule has 0 fully saturated rings. The molecular weight excluding hydrogens is 262 g/mol. The predicted molar refractivity (Wildman–Crippen MR) is 75.2 cm³/mol. The molecule has 0 bridgehead atoms. The van der Waals surface area contributed by atoms with Gasteiger partial charge in [0.2, 0.25) is 5.91 Å². The second-order valence-corrected chi connectivity index (χ2v) is 4.59. The first kappa shape index (κ1) is 13.5. The van der Waals surface area contributed by atoms with E-state index in [9.17, 15) is 4.79 Å². The summed E-state index contributed by atoms with van der Waals surface area (Å²) in [5.74, 6) is 0.341. The van der Waals surface area contributed by atoms with E-state index in [4.69, 9.17) is 11.6 Å². The molecule has 98 valence electrons. The van der Waals surface area contributed by atoms with Gasteiger partial charge in [-0.1, -0.05) is 35.9 Å². The van der Waals surface area contributed by atoms with Crippen molar-refractivity contribution < 1.29 is 4.79 Å². The predicted octanol–water partition coefficient (Wildman–Crippen LogP) is 3.01. The van der Waals surface area contributed by atoms with Crippen molar-refractivity contribution in [2.75, 3.05) is 5.32 Å². The molecule has 4 nitrogen and oxygen atoms in total. The Morgan fingerprint density at radius 3 is 2.84 bits per heavy atom. The van der Waals surface area contributed by atoms with Gasteiger partial charge in [0.1, 0.15) is 17.3 Å². The Morgan fingerprint density at radius 1 is 1.32 bits per heavy atom. The van der Waals surface area contributed by atoms with E-state index in [-0.39, 0.29) is 5.91 Å². The van der Waals surface area contributed by atoms with Crippen LogP contribution in [0.5, 0.6) is 0 Å². The molecule has 1 N–H and O–H groups in total. The molecule has 1 amide bonds. The summed E-state index contributed by atoms with van der Waals surface area (Å²) in [5.41, 5.74) is 2.37. The normalized spacial score (nSPS) is 10.2. The lowest BCUT2D eigenvalue weighted by atomic mass is 10.0. The van der Waals surface area contributed by atoms with E-state index in [1.54, 1.807) is 0 Å². The molecule has 5 heteroatoms. The van der Waals surface area contributed by atoms with Crippen LogP contribution in [0.2, 0.25) is 5.15 Å². The lowest BCUT2D eigenvalue weighted by Gasteiger charge is -2.06. The van der Waals surface area contributed by atoms with E-state index < -0.39 is 0 Å². The molecule has 0 aliphatic rings. The fourth-order valence-electron chi connectivity index (χ4n) is 1.75. The number of benzene rings is 1. The molecule has 0 radical (unpaired) electrons. The van der Waals surface area contributed by atoms with Gasteiger partial charge in [-0.05, 0) is 24.5 Å². The van der Waals surface area contributed by atoms with Gasteiger partial charge in [-0.25, -0.2) is 9.97 Å². The van der Waals surface area contributed by atoms with Crippen LogP contribution >= 0.6 is 11.6 Å². The largest absolute Gasteiger partial charge is 0.311 e. The third-order valence-electron chi connectivity index (χ3n) is 2.78. The quantitative estimate of drug-likeness (QED) is 0.873. The summed E-state index contributed by atoms with van der Waals surface area (Å²) in [6, 6.07) is 9.56. The molecule has 0 aliphatic carbocycles. The van der Waals surface area contributed by atoms with Crippen LogP contribution in [0.25, 0.3) is 0 Å². The molecule has 0 spiro atoms. The molecule has 0 aliphatic heterocycles. The van der Waals surface area contributed by atoms with E-state index in [2.05, 4.69) is 15.3 Å². The van der Waals surface area contributed by atoms with Crippen LogP contribution in [0.3, 0.4) is 0 Å². The van der Waals surface area contributed by atoms with Crippen LogP contribution in [0.15, 0.2) is 36.7 Å². The molecule has 0 saturated carbocycles. The van der Waals surface area contributed by atoms with Crippen LogP contribution < -0.4 is 5.32 Å². The first-order valence-corrected chi connectivity index (χ1v) is 6.35. The first-order valence-electron chi connectivity index (χ1n) is 5.97. The zero-order valence-corrected chi connectivity index (χ0v) is 11.3. The fraction of sp³-hybridized carbons (Fsp3) is 0.214. The summed E-state index contributed by atoms with van der Waals surface area (Å²) in [6.45, 7) is 2.04. The van der Waals surface area contributed by atoms with Crippen molar-refractivity contribution in [2.45, 2.75) is 19.8 Å². The molecule has 1 aromatic heterocycles. The zero-order valence-electron chi connectivity index (χ0n) is 10.6. The molecule has 0 atom stereocenters. The second-order valence-electron chi connectivity index (χ2n) is 4.20. The van der Waals surface area contributed by atoms with Gasteiger partial charge in [0, 0.05) is 12.5 Å². The summed E-state index contributed by atoms with van der Waals surface area (Å²) in [5, 5.41) is 3.01. The highest BCUT2D eigenvalue weighted by Crippen LogP contribution is 2.11. The number of amides is 1. The highest BCUT2D eigenvalue weighted by atomic mass is 35.5. The van der Waals surface area contributed by atoms with Gasteiger partial charge in [-0.3, -0.25) is 4.79 Å². The highest BCUT2D eigenvalue weighted by molar-refractivity contribution is 6.29. The number of halogens is 1. The average molecular weight is 276 g/mol. The molecule has 19 heavy (non-hydrogen) atoms. The van der Waals surface area contributed by atoms with Crippen LogP contribution in [-0.2, 0) is 11.2 Å². The van der Waals surface area contributed by atoms with Crippen LogP contribution in [0.4, 0.5) is 5.82 Å². The third-order valence-corrected chi connectivity index (χ3v) is 2.99. The van der Waals surface area contributed by atoms with Crippen LogP contribution in [0.1, 0.15) is 17.5 Å². The number of anilines is 1.